The molecule has 0 atom stereocenters. The summed E-state index contributed by atoms with van der Waals surface area (Å²) in [5.41, 5.74) is 0. The Hall–Kier alpha value is -2.29. The van der Waals surface area contributed by atoms with Crippen LogP contribution in [0.2, 0.25) is 0 Å². The molecule has 0 aliphatic carbocycles. The fourth-order valence-corrected chi connectivity index (χ4v) is 3.69. The fraction of sp³-hybridized carbons (Fsp3) is 0.529. The number of aromatic nitrogens is 5. The first-order valence-corrected chi connectivity index (χ1v) is 9.85. The van der Waals surface area contributed by atoms with Crippen LogP contribution >= 0.6 is 11.8 Å². The zero-order valence-corrected chi connectivity index (χ0v) is 15.8. The summed E-state index contributed by atoms with van der Waals surface area (Å²) in [6.07, 6.45) is 4.07. The molecule has 1 saturated heterocycles. The minimum Gasteiger partial charge on any atom is -0.467 e. The standard InChI is InChI=1S/C17H22N6O2S/c1-12(2)15-18-14(25-21-15)11-26-17-20-19-16(22-7-3-4-8-22)23(17)10-13-6-5-9-24-13/h5-6,9,12H,3-4,7-8,10-11H2,1-2H3. The molecule has 0 saturated carbocycles. The van der Waals surface area contributed by atoms with Gasteiger partial charge in [0.15, 0.2) is 11.0 Å². The third-order valence-corrected chi connectivity index (χ3v) is 5.26. The summed E-state index contributed by atoms with van der Waals surface area (Å²) in [7, 11) is 0. The first-order chi connectivity index (χ1) is 12.7. The molecule has 1 aliphatic heterocycles. The Morgan fingerprint density at radius 3 is 2.77 bits per heavy atom. The van der Waals surface area contributed by atoms with Gasteiger partial charge in [0.05, 0.1) is 18.6 Å². The summed E-state index contributed by atoms with van der Waals surface area (Å²) in [6, 6.07) is 3.86. The van der Waals surface area contributed by atoms with E-state index in [0.29, 0.717) is 18.2 Å². The van der Waals surface area contributed by atoms with E-state index in [2.05, 4.69) is 29.8 Å². The number of nitrogens with zero attached hydrogens (tertiary/aromatic N) is 6. The second-order valence-corrected chi connectivity index (χ2v) is 7.57. The third kappa shape index (κ3) is 3.62. The van der Waals surface area contributed by atoms with Crippen LogP contribution in [0.4, 0.5) is 5.95 Å². The van der Waals surface area contributed by atoms with Crippen LogP contribution in [0.25, 0.3) is 0 Å². The second-order valence-electron chi connectivity index (χ2n) is 6.63. The Balaban J connectivity index is 1.54. The van der Waals surface area contributed by atoms with Crippen molar-refractivity contribution in [2.45, 2.75) is 50.1 Å². The Labute approximate surface area is 156 Å². The zero-order valence-electron chi connectivity index (χ0n) is 15.0. The van der Waals surface area contributed by atoms with E-state index in [-0.39, 0.29) is 5.92 Å². The summed E-state index contributed by atoms with van der Waals surface area (Å²) in [5.74, 6) is 3.93. The van der Waals surface area contributed by atoms with Gasteiger partial charge in [-0.25, -0.2) is 0 Å². The highest BCUT2D eigenvalue weighted by molar-refractivity contribution is 7.98. The largest absolute Gasteiger partial charge is 0.467 e. The number of rotatable bonds is 7. The highest BCUT2D eigenvalue weighted by Gasteiger charge is 2.22. The SMILES string of the molecule is CC(C)c1noc(CSc2nnc(N3CCCC3)n2Cc2ccco2)n1. The number of anilines is 1. The van der Waals surface area contributed by atoms with Crippen molar-refractivity contribution in [2.24, 2.45) is 0 Å². The molecular formula is C17H22N6O2S. The van der Waals surface area contributed by atoms with Crippen molar-refractivity contribution in [1.29, 1.82) is 0 Å². The molecule has 0 N–H and O–H groups in total. The predicted molar refractivity (Wildman–Crippen MR) is 97.2 cm³/mol. The van der Waals surface area contributed by atoms with Gasteiger partial charge in [-0.15, -0.1) is 10.2 Å². The maximum Gasteiger partial charge on any atom is 0.237 e. The normalized spacial score (nSPS) is 14.7. The third-order valence-electron chi connectivity index (χ3n) is 4.31. The summed E-state index contributed by atoms with van der Waals surface area (Å²) in [5, 5.41) is 13.7. The molecule has 3 aromatic heterocycles. The van der Waals surface area contributed by atoms with Crippen LogP contribution in [0.15, 0.2) is 32.5 Å². The van der Waals surface area contributed by atoms with Gasteiger partial charge in [0.25, 0.3) is 0 Å². The van der Waals surface area contributed by atoms with Gasteiger partial charge in [0, 0.05) is 19.0 Å². The van der Waals surface area contributed by atoms with Crippen LogP contribution < -0.4 is 4.90 Å². The molecule has 138 valence electrons. The van der Waals surface area contributed by atoms with E-state index in [1.54, 1.807) is 18.0 Å². The van der Waals surface area contributed by atoms with Crippen LogP contribution in [-0.2, 0) is 12.3 Å². The maximum absolute atomic E-state index is 5.53. The van der Waals surface area contributed by atoms with E-state index in [4.69, 9.17) is 8.94 Å². The molecule has 4 heterocycles. The molecule has 26 heavy (non-hydrogen) atoms. The Bertz CT molecular complexity index is 835. The summed E-state index contributed by atoms with van der Waals surface area (Å²) < 4.78 is 13.0. The minimum atomic E-state index is 0.252. The summed E-state index contributed by atoms with van der Waals surface area (Å²) in [4.78, 5) is 6.71. The van der Waals surface area contributed by atoms with Gasteiger partial charge in [-0.1, -0.05) is 30.8 Å². The van der Waals surface area contributed by atoms with Gasteiger partial charge in [-0.3, -0.25) is 4.57 Å². The fourth-order valence-electron chi connectivity index (χ4n) is 2.92. The molecule has 0 spiro atoms. The second kappa shape index (κ2) is 7.53. The molecule has 4 rings (SSSR count). The molecule has 0 radical (unpaired) electrons. The van der Waals surface area contributed by atoms with Crippen molar-refractivity contribution in [1.82, 2.24) is 24.9 Å². The molecule has 8 nitrogen and oxygen atoms in total. The first kappa shape index (κ1) is 17.1. The van der Waals surface area contributed by atoms with E-state index < -0.39 is 0 Å². The van der Waals surface area contributed by atoms with Crippen LogP contribution in [0.5, 0.6) is 0 Å². The lowest BCUT2D eigenvalue weighted by atomic mass is 10.2. The Morgan fingerprint density at radius 2 is 2.08 bits per heavy atom. The number of hydrogen-bond acceptors (Lipinski definition) is 8. The molecular weight excluding hydrogens is 352 g/mol. The van der Waals surface area contributed by atoms with Crippen molar-refractivity contribution >= 4 is 17.7 Å². The van der Waals surface area contributed by atoms with Crippen molar-refractivity contribution in [3.8, 4) is 0 Å². The van der Waals surface area contributed by atoms with Gasteiger partial charge in [-0.2, -0.15) is 4.98 Å². The van der Waals surface area contributed by atoms with E-state index >= 15 is 0 Å². The average Bonchev–Trinajstić information content (AvgIpc) is 3.41. The number of hydrogen-bond donors (Lipinski definition) is 0. The lowest BCUT2D eigenvalue weighted by molar-refractivity contribution is 0.382. The average molecular weight is 374 g/mol. The monoisotopic (exact) mass is 374 g/mol. The van der Waals surface area contributed by atoms with Crippen LogP contribution in [0.1, 0.15) is 50.1 Å². The van der Waals surface area contributed by atoms with Crippen LogP contribution in [0.3, 0.4) is 0 Å². The lowest BCUT2D eigenvalue weighted by Gasteiger charge is -2.17. The zero-order chi connectivity index (χ0) is 17.9. The van der Waals surface area contributed by atoms with Crippen molar-refractivity contribution in [3.63, 3.8) is 0 Å². The first-order valence-electron chi connectivity index (χ1n) is 8.86. The van der Waals surface area contributed by atoms with E-state index in [0.717, 1.165) is 35.8 Å². The van der Waals surface area contributed by atoms with Gasteiger partial charge in [0.2, 0.25) is 11.8 Å². The highest BCUT2D eigenvalue weighted by atomic mass is 32.2. The van der Waals surface area contributed by atoms with Crippen molar-refractivity contribution in [2.75, 3.05) is 18.0 Å². The molecule has 3 aromatic rings. The van der Waals surface area contributed by atoms with Gasteiger partial charge in [0.1, 0.15) is 5.76 Å². The quantitative estimate of drug-likeness (QED) is 0.582. The Kier molecular flexibility index (Phi) is 4.96. The minimum absolute atomic E-state index is 0.252. The van der Waals surface area contributed by atoms with Crippen molar-refractivity contribution < 1.29 is 8.94 Å². The van der Waals surface area contributed by atoms with Crippen LogP contribution in [-0.4, -0.2) is 38.0 Å². The lowest BCUT2D eigenvalue weighted by Crippen LogP contribution is -2.22. The van der Waals surface area contributed by atoms with Crippen molar-refractivity contribution in [3.05, 3.63) is 35.9 Å². The molecule has 0 aromatic carbocycles. The topological polar surface area (TPSA) is 86.0 Å². The van der Waals surface area contributed by atoms with E-state index in [1.807, 2.05) is 26.0 Å². The summed E-state index contributed by atoms with van der Waals surface area (Å²) >= 11 is 1.55. The van der Waals surface area contributed by atoms with Gasteiger partial charge in [-0.05, 0) is 25.0 Å². The predicted octanol–water partition coefficient (Wildman–Crippen LogP) is 3.32. The smallest absolute Gasteiger partial charge is 0.237 e. The molecule has 9 heteroatoms. The summed E-state index contributed by atoms with van der Waals surface area (Å²) in [6.45, 7) is 6.73. The van der Waals surface area contributed by atoms with Gasteiger partial charge < -0.3 is 13.8 Å². The van der Waals surface area contributed by atoms with E-state index in [9.17, 15) is 0 Å². The molecule has 0 bridgehead atoms. The number of furan rings is 1. The van der Waals surface area contributed by atoms with Gasteiger partial charge >= 0.3 is 0 Å². The molecule has 1 fully saturated rings. The Morgan fingerprint density at radius 1 is 1.23 bits per heavy atom. The van der Waals surface area contributed by atoms with Crippen LogP contribution in [0, 0.1) is 0 Å². The molecule has 0 unspecified atom stereocenters. The maximum atomic E-state index is 5.53. The molecule has 0 amide bonds. The highest BCUT2D eigenvalue weighted by Crippen LogP contribution is 2.28. The number of thioether (sulfide) groups is 1. The van der Waals surface area contributed by atoms with E-state index in [1.165, 1.54) is 12.8 Å². The molecule has 1 aliphatic rings.